The third-order valence-electron chi connectivity index (χ3n) is 6.12. The predicted molar refractivity (Wildman–Crippen MR) is 89.3 cm³/mol. The number of hydrogen-bond acceptors (Lipinski definition) is 3. The van der Waals surface area contributed by atoms with Gasteiger partial charge in [0.05, 0.1) is 0 Å². The normalized spacial score (nSPS) is 31.9. The molecule has 0 saturated heterocycles. The van der Waals surface area contributed by atoms with Crippen molar-refractivity contribution in [2.75, 3.05) is 0 Å². The summed E-state index contributed by atoms with van der Waals surface area (Å²) in [6.07, 6.45) is 11.7. The van der Waals surface area contributed by atoms with Crippen LogP contribution in [0.5, 0.6) is 0 Å². The van der Waals surface area contributed by atoms with E-state index in [1.54, 1.807) is 0 Å². The van der Waals surface area contributed by atoms with Crippen molar-refractivity contribution in [3.63, 3.8) is 0 Å². The van der Waals surface area contributed by atoms with Crippen molar-refractivity contribution < 1.29 is 14.8 Å². The molecule has 0 spiro atoms. The molecule has 5 heteroatoms. The molecule has 0 aliphatic heterocycles. The minimum atomic E-state index is -1.30. The largest absolute Gasteiger partial charge is 0.454 e. The van der Waals surface area contributed by atoms with Crippen molar-refractivity contribution in [2.24, 2.45) is 5.41 Å². The Hall–Kier alpha value is -0.805. The van der Waals surface area contributed by atoms with Gasteiger partial charge < -0.3 is 15.4 Å². The van der Waals surface area contributed by atoms with Gasteiger partial charge >= 0.3 is 7.12 Å². The molecule has 22 heavy (non-hydrogen) atoms. The van der Waals surface area contributed by atoms with Crippen LogP contribution in [0.2, 0.25) is 5.82 Å². The van der Waals surface area contributed by atoms with Crippen molar-refractivity contribution in [3.8, 4) is 0 Å². The molecule has 2 aliphatic carbocycles. The van der Waals surface area contributed by atoms with E-state index in [0.29, 0.717) is 6.42 Å². The molecule has 2 aliphatic rings. The van der Waals surface area contributed by atoms with Crippen LogP contribution in [-0.2, 0) is 4.79 Å². The molecule has 2 atom stereocenters. The van der Waals surface area contributed by atoms with Gasteiger partial charge in [0.2, 0.25) is 5.91 Å². The number of rotatable bonds is 4. The van der Waals surface area contributed by atoms with E-state index >= 15 is 0 Å². The minimum absolute atomic E-state index is 0.0235. The number of amides is 1. The van der Waals surface area contributed by atoms with E-state index in [-0.39, 0.29) is 22.7 Å². The number of hydrogen-bond donors (Lipinski definition) is 3. The van der Waals surface area contributed by atoms with Crippen molar-refractivity contribution in [1.82, 2.24) is 5.32 Å². The third kappa shape index (κ3) is 3.57. The molecular formula is C17H30BNO3. The highest BCUT2D eigenvalue weighted by Gasteiger charge is 2.52. The Bertz CT molecular complexity index is 405. The molecule has 3 N–H and O–H groups in total. The van der Waals surface area contributed by atoms with Gasteiger partial charge in [-0.05, 0) is 43.0 Å². The third-order valence-corrected chi connectivity index (χ3v) is 6.12. The molecule has 2 unspecified atom stereocenters. The first kappa shape index (κ1) is 17.5. The van der Waals surface area contributed by atoms with Crippen molar-refractivity contribution in [3.05, 3.63) is 12.7 Å². The first-order valence-corrected chi connectivity index (χ1v) is 8.73. The average molecular weight is 307 g/mol. The van der Waals surface area contributed by atoms with Crippen LogP contribution in [0, 0.1) is 5.41 Å². The fraction of sp³-hybridized carbons (Fsp3) is 0.824. The zero-order valence-corrected chi connectivity index (χ0v) is 13.8. The highest BCUT2D eigenvalue weighted by Crippen LogP contribution is 2.52. The number of nitrogens with one attached hydrogen (secondary N) is 1. The first-order chi connectivity index (χ1) is 10.4. The van der Waals surface area contributed by atoms with E-state index < -0.39 is 7.12 Å². The SMILES string of the molecule is C=CC(=O)NC1(C2(C)CCCCCC2)CCCC(B(O)O)C1. The van der Waals surface area contributed by atoms with Gasteiger partial charge in [-0.2, -0.15) is 0 Å². The average Bonchev–Trinajstić information content (AvgIpc) is 2.73. The molecule has 0 aromatic carbocycles. The summed E-state index contributed by atoms with van der Waals surface area (Å²) >= 11 is 0. The quantitative estimate of drug-likeness (QED) is 0.425. The smallest absolute Gasteiger partial charge is 0.427 e. The molecule has 2 rings (SSSR count). The van der Waals surface area contributed by atoms with Crippen LogP contribution < -0.4 is 5.32 Å². The number of carbonyl (C=O) groups excluding carboxylic acids is 1. The van der Waals surface area contributed by atoms with Crippen LogP contribution in [0.15, 0.2) is 12.7 Å². The molecule has 0 bridgehead atoms. The van der Waals surface area contributed by atoms with Crippen LogP contribution in [0.25, 0.3) is 0 Å². The molecular weight excluding hydrogens is 277 g/mol. The summed E-state index contributed by atoms with van der Waals surface area (Å²) in [7, 11) is -1.30. The number of carbonyl (C=O) groups is 1. The van der Waals surface area contributed by atoms with E-state index in [0.717, 1.165) is 32.1 Å². The molecule has 1 amide bonds. The fourth-order valence-corrected chi connectivity index (χ4v) is 4.66. The molecule has 2 saturated carbocycles. The standard InChI is InChI=1S/C17H30BNO3/c1-3-15(20)19-17(12-8-9-14(13-17)18(21)22)16(2)10-6-4-5-7-11-16/h3,14,21-22H,1,4-13H2,2H3,(H,19,20). The Morgan fingerprint density at radius 1 is 1.18 bits per heavy atom. The Balaban J connectivity index is 2.31. The maximum absolute atomic E-state index is 12.1. The van der Waals surface area contributed by atoms with Gasteiger partial charge in [0, 0.05) is 5.54 Å². The molecule has 0 heterocycles. The molecule has 2 fully saturated rings. The van der Waals surface area contributed by atoms with Gasteiger partial charge in [0.1, 0.15) is 0 Å². The molecule has 0 radical (unpaired) electrons. The van der Waals surface area contributed by atoms with Crippen LogP contribution in [-0.4, -0.2) is 28.6 Å². The van der Waals surface area contributed by atoms with Gasteiger partial charge in [-0.1, -0.05) is 52.0 Å². The lowest BCUT2D eigenvalue weighted by atomic mass is 9.52. The summed E-state index contributed by atoms with van der Waals surface area (Å²) in [6.45, 7) is 5.87. The van der Waals surface area contributed by atoms with Gasteiger partial charge in [-0.3, -0.25) is 4.79 Å². The van der Waals surface area contributed by atoms with Crippen LogP contribution in [0.1, 0.15) is 71.1 Å². The van der Waals surface area contributed by atoms with Gasteiger partial charge in [0.15, 0.2) is 0 Å². The van der Waals surface area contributed by atoms with Crippen molar-refractivity contribution >= 4 is 13.0 Å². The van der Waals surface area contributed by atoms with Crippen molar-refractivity contribution in [2.45, 2.75) is 82.5 Å². The van der Waals surface area contributed by atoms with Crippen LogP contribution in [0.3, 0.4) is 0 Å². The summed E-state index contributed by atoms with van der Waals surface area (Å²) in [5.41, 5.74) is -0.315. The summed E-state index contributed by atoms with van der Waals surface area (Å²) in [5, 5.41) is 22.5. The van der Waals surface area contributed by atoms with E-state index in [1.807, 2.05) is 0 Å². The Labute approximate surface area is 134 Å². The first-order valence-electron chi connectivity index (χ1n) is 8.73. The second-order valence-corrected chi connectivity index (χ2v) is 7.52. The lowest BCUT2D eigenvalue weighted by Gasteiger charge is -2.53. The molecule has 4 nitrogen and oxygen atoms in total. The minimum Gasteiger partial charge on any atom is -0.427 e. The Kier molecular flexibility index (Phi) is 5.73. The second kappa shape index (κ2) is 7.18. The van der Waals surface area contributed by atoms with Crippen LogP contribution in [0.4, 0.5) is 0 Å². The van der Waals surface area contributed by atoms with E-state index in [2.05, 4.69) is 18.8 Å². The Morgan fingerprint density at radius 3 is 2.36 bits per heavy atom. The van der Waals surface area contributed by atoms with Gasteiger partial charge in [-0.25, -0.2) is 0 Å². The zero-order chi connectivity index (χ0) is 16.2. The fourth-order valence-electron chi connectivity index (χ4n) is 4.66. The summed E-state index contributed by atoms with van der Waals surface area (Å²) in [4.78, 5) is 12.1. The molecule has 0 aromatic rings. The second-order valence-electron chi connectivity index (χ2n) is 7.52. The monoisotopic (exact) mass is 307 g/mol. The predicted octanol–water partition coefficient (Wildman–Crippen LogP) is 2.80. The van der Waals surface area contributed by atoms with E-state index in [9.17, 15) is 14.8 Å². The maximum Gasteiger partial charge on any atom is 0.454 e. The molecule has 0 aromatic heterocycles. The van der Waals surface area contributed by atoms with Gasteiger partial charge in [-0.15, -0.1) is 0 Å². The Morgan fingerprint density at radius 2 is 1.82 bits per heavy atom. The summed E-state index contributed by atoms with van der Waals surface area (Å²) in [6, 6.07) is 0. The summed E-state index contributed by atoms with van der Waals surface area (Å²) in [5.74, 6) is -0.294. The van der Waals surface area contributed by atoms with Crippen molar-refractivity contribution in [1.29, 1.82) is 0 Å². The summed E-state index contributed by atoms with van der Waals surface area (Å²) < 4.78 is 0. The highest BCUT2D eigenvalue weighted by atomic mass is 16.4. The topological polar surface area (TPSA) is 69.6 Å². The lowest BCUT2D eigenvalue weighted by molar-refractivity contribution is -0.121. The highest BCUT2D eigenvalue weighted by molar-refractivity contribution is 6.43. The van der Waals surface area contributed by atoms with E-state index in [4.69, 9.17) is 0 Å². The zero-order valence-electron chi connectivity index (χ0n) is 13.8. The van der Waals surface area contributed by atoms with Crippen LogP contribution >= 0.6 is 0 Å². The maximum atomic E-state index is 12.1. The lowest BCUT2D eigenvalue weighted by Crippen LogP contribution is -2.61. The van der Waals surface area contributed by atoms with Gasteiger partial charge in [0.25, 0.3) is 0 Å². The van der Waals surface area contributed by atoms with E-state index in [1.165, 1.54) is 31.8 Å². The molecule has 124 valence electrons.